The fourth-order valence-corrected chi connectivity index (χ4v) is 3.51. The van der Waals surface area contributed by atoms with Gasteiger partial charge in [0.2, 0.25) is 5.91 Å². The molecule has 0 bridgehead atoms. The minimum Gasteiger partial charge on any atom is -0.476 e. The fraction of sp³-hybridized carbons (Fsp3) is 0.389. The van der Waals surface area contributed by atoms with Gasteiger partial charge in [0, 0.05) is 43.4 Å². The van der Waals surface area contributed by atoms with E-state index in [9.17, 15) is 9.59 Å². The second kappa shape index (κ2) is 8.01. The van der Waals surface area contributed by atoms with Crippen molar-refractivity contribution in [3.63, 3.8) is 0 Å². The summed E-state index contributed by atoms with van der Waals surface area (Å²) in [5.74, 6) is -1.13. The standard InChI is InChI=1S/C18H21BrN4O3/c1-13(23-6-5-16(20-23)18(25)26)17(24)22-9-7-21(8-10-22)12-14-3-2-4-15(19)11-14/h2-6,11,13H,7-10,12H2,1H3,(H,25,26). The third kappa shape index (κ3) is 4.31. The van der Waals surface area contributed by atoms with Crippen LogP contribution in [0.1, 0.15) is 29.0 Å². The van der Waals surface area contributed by atoms with Gasteiger partial charge >= 0.3 is 5.97 Å². The molecule has 2 aromatic rings. The van der Waals surface area contributed by atoms with E-state index in [1.807, 2.05) is 17.0 Å². The molecule has 1 atom stereocenters. The Morgan fingerprint density at radius 1 is 1.23 bits per heavy atom. The Bertz CT molecular complexity index is 799. The van der Waals surface area contributed by atoms with E-state index in [-0.39, 0.29) is 11.6 Å². The number of amides is 1. The smallest absolute Gasteiger partial charge is 0.356 e. The van der Waals surface area contributed by atoms with Crippen LogP contribution in [-0.2, 0) is 11.3 Å². The number of aromatic nitrogens is 2. The molecule has 0 spiro atoms. The molecule has 7 nitrogen and oxygen atoms in total. The molecule has 1 N–H and O–H groups in total. The summed E-state index contributed by atoms with van der Waals surface area (Å²) < 4.78 is 2.48. The van der Waals surface area contributed by atoms with Crippen LogP contribution < -0.4 is 0 Å². The molecule has 1 aromatic heterocycles. The van der Waals surface area contributed by atoms with Gasteiger partial charge in [-0.05, 0) is 30.7 Å². The zero-order chi connectivity index (χ0) is 18.7. The van der Waals surface area contributed by atoms with Crippen molar-refractivity contribution >= 4 is 27.8 Å². The van der Waals surface area contributed by atoms with Crippen LogP contribution in [0, 0.1) is 0 Å². The topological polar surface area (TPSA) is 78.7 Å². The number of carboxylic acid groups (broad SMARTS) is 1. The first kappa shape index (κ1) is 18.6. The molecule has 1 unspecified atom stereocenters. The molecule has 26 heavy (non-hydrogen) atoms. The lowest BCUT2D eigenvalue weighted by atomic mass is 10.2. The highest BCUT2D eigenvalue weighted by Gasteiger charge is 2.26. The quantitative estimate of drug-likeness (QED) is 0.802. The summed E-state index contributed by atoms with van der Waals surface area (Å²) in [7, 11) is 0. The van der Waals surface area contributed by atoms with E-state index in [2.05, 4.69) is 38.1 Å². The van der Waals surface area contributed by atoms with Crippen molar-refractivity contribution in [1.82, 2.24) is 19.6 Å². The first-order valence-corrected chi connectivity index (χ1v) is 9.27. The highest BCUT2D eigenvalue weighted by atomic mass is 79.9. The summed E-state index contributed by atoms with van der Waals surface area (Å²) in [6, 6.07) is 9.13. The average Bonchev–Trinajstić information content (AvgIpc) is 3.12. The number of nitrogens with zero attached hydrogens (tertiary/aromatic N) is 4. The fourth-order valence-electron chi connectivity index (χ4n) is 3.07. The molecule has 0 radical (unpaired) electrons. The number of carbonyl (C=O) groups excluding carboxylic acids is 1. The molecule has 0 saturated carbocycles. The van der Waals surface area contributed by atoms with Crippen molar-refractivity contribution in [1.29, 1.82) is 0 Å². The van der Waals surface area contributed by atoms with Gasteiger partial charge in [0.05, 0.1) is 0 Å². The van der Waals surface area contributed by atoms with Crippen LogP contribution in [0.2, 0.25) is 0 Å². The largest absolute Gasteiger partial charge is 0.476 e. The van der Waals surface area contributed by atoms with Crippen molar-refractivity contribution in [3.05, 3.63) is 52.3 Å². The van der Waals surface area contributed by atoms with Crippen molar-refractivity contribution < 1.29 is 14.7 Å². The van der Waals surface area contributed by atoms with Crippen LogP contribution in [0.15, 0.2) is 41.0 Å². The van der Waals surface area contributed by atoms with E-state index in [0.717, 1.165) is 24.1 Å². The maximum Gasteiger partial charge on any atom is 0.356 e. The van der Waals surface area contributed by atoms with Gasteiger partial charge in [-0.1, -0.05) is 28.1 Å². The highest BCUT2D eigenvalue weighted by molar-refractivity contribution is 9.10. The predicted octanol–water partition coefficient (Wildman–Crippen LogP) is 2.25. The van der Waals surface area contributed by atoms with E-state index in [4.69, 9.17) is 5.11 Å². The van der Waals surface area contributed by atoms with Crippen LogP contribution in [0.25, 0.3) is 0 Å². The number of hydrogen-bond donors (Lipinski definition) is 1. The van der Waals surface area contributed by atoms with Crippen LogP contribution in [-0.4, -0.2) is 62.7 Å². The third-order valence-corrected chi connectivity index (χ3v) is 5.05. The molecule has 1 fully saturated rings. The molecule has 1 amide bonds. The van der Waals surface area contributed by atoms with Gasteiger partial charge in [0.15, 0.2) is 5.69 Å². The van der Waals surface area contributed by atoms with E-state index in [0.29, 0.717) is 13.1 Å². The van der Waals surface area contributed by atoms with Gasteiger partial charge in [0.25, 0.3) is 0 Å². The molecule has 1 saturated heterocycles. The lowest BCUT2D eigenvalue weighted by Crippen LogP contribution is -2.50. The Labute approximate surface area is 160 Å². The normalized spacial score (nSPS) is 16.5. The molecule has 2 heterocycles. The Kier molecular flexibility index (Phi) is 5.73. The molecular formula is C18H21BrN4O3. The number of carboxylic acids is 1. The van der Waals surface area contributed by atoms with E-state index in [1.54, 1.807) is 6.92 Å². The summed E-state index contributed by atoms with van der Waals surface area (Å²) in [4.78, 5) is 27.8. The number of carbonyl (C=O) groups is 2. The SMILES string of the molecule is CC(C(=O)N1CCN(Cc2cccc(Br)c2)CC1)n1ccc(C(=O)O)n1. The van der Waals surface area contributed by atoms with Crippen molar-refractivity contribution in [2.45, 2.75) is 19.5 Å². The van der Waals surface area contributed by atoms with Crippen molar-refractivity contribution in [2.24, 2.45) is 0 Å². The first-order chi connectivity index (χ1) is 12.4. The van der Waals surface area contributed by atoms with Crippen molar-refractivity contribution in [3.8, 4) is 0 Å². The van der Waals surface area contributed by atoms with Crippen LogP contribution in [0.4, 0.5) is 0 Å². The number of benzene rings is 1. The number of hydrogen-bond acceptors (Lipinski definition) is 4. The molecule has 138 valence electrons. The minimum atomic E-state index is -1.09. The molecule has 0 aliphatic carbocycles. The van der Waals surface area contributed by atoms with Crippen LogP contribution in [0.5, 0.6) is 0 Å². The lowest BCUT2D eigenvalue weighted by molar-refractivity contribution is -0.136. The van der Waals surface area contributed by atoms with Gasteiger partial charge in [0.1, 0.15) is 6.04 Å². The second-order valence-electron chi connectivity index (χ2n) is 6.39. The van der Waals surface area contributed by atoms with Crippen LogP contribution in [0.3, 0.4) is 0 Å². The summed E-state index contributed by atoms with van der Waals surface area (Å²) in [6.45, 7) is 5.54. The Morgan fingerprint density at radius 3 is 2.58 bits per heavy atom. The van der Waals surface area contributed by atoms with Gasteiger partial charge in [-0.3, -0.25) is 14.4 Å². The van der Waals surface area contributed by atoms with Crippen LogP contribution >= 0.6 is 15.9 Å². The van der Waals surface area contributed by atoms with Gasteiger partial charge in [-0.2, -0.15) is 5.10 Å². The monoisotopic (exact) mass is 420 g/mol. The summed E-state index contributed by atoms with van der Waals surface area (Å²) >= 11 is 3.49. The summed E-state index contributed by atoms with van der Waals surface area (Å²) in [5.41, 5.74) is 1.19. The number of halogens is 1. The van der Waals surface area contributed by atoms with Crippen molar-refractivity contribution in [2.75, 3.05) is 26.2 Å². The maximum absolute atomic E-state index is 12.7. The number of rotatable bonds is 5. The third-order valence-electron chi connectivity index (χ3n) is 4.56. The Hall–Kier alpha value is -2.19. The minimum absolute atomic E-state index is 0.0351. The molecule has 1 aliphatic rings. The van der Waals surface area contributed by atoms with E-state index in [1.165, 1.54) is 22.5 Å². The molecule has 3 rings (SSSR count). The zero-order valence-corrected chi connectivity index (χ0v) is 16.1. The highest BCUT2D eigenvalue weighted by Crippen LogP contribution is 2.16. The van der Waals surface area contributed by atoms with Gasteiger partial charge < -0.3 is 10.0 Å². The van der Waals surface area contributed by atoms with E-state index >= 15 is 0 Å². The van der Waals surface area contributed by atoms with Gasteiger partial charge in [-0.25, -0.2) is 4.79 Å². The first-order valence-electron chi connectivity index (χ1n) is 8.48. The molecular weight excluding hydrogens is 400 g/mol. The maximum atomic E-state index is 12.7. The summed E-state index contributed by atoms with van der Waals surface area (Å²) in [5, 5.41) is 12.9. The summed E-state index contributed by atoms with van der Waals surface area (Å²) in [6.07, 6.45) is 1.54. The number of piperazine rings is 1. The predicted molar refractivity (Wildman–Crippen MR) is 99.9 cm³/mol. The molecule has 1 aromatic carbocycles. The Morgan fingerprint density at radius 2 is 1.96 bits per heavy atom. The molecule has 1 aliphatic heterocycles. The van der Waals surface area contributed by atoms with E-state index < -0.39 is 12.0 Å². The Balaban J connectivity index is 1.55. The second-order valence-corrected chi connectivity index (χ2v) is 7.31. The zero-order valence-electron chi connectivity index (χ0n) is 14.5. The lowest BCUT2D eigenvalue weighted by Gasteiger charge is -2.36. The van der Waals surface area contributed by atoms with Gasteiger partial charge in [-0.15, -0.1) is 0 Å². The average molecular weight is 421 g/mol. The number of aromatic carboxylic acids is 1. The molecule has 8 heteroatoms.